The van der Waals surface area contributed by atoms with E-state index in [0.29, 0.717) is 0 Å². The highest BCUT2D eigenvalue weighted by Gasteiger charge is 2.00. The van der Waals surface area contributed by atoms with E-state index < -0.39 is 0 Å². The van der Waals surface area contributed by atoms with Crippen molar-refractivity contribution in [2.75, 3.05) is 12.3 Å². The quantitative estimate of drug-likeness (QED) is 0.462. The van der Waals surface area contributed by atoms with Gasteiger partial charge in [-0.15, -0.1) is 7.55 Å². The molecule has 0 saturated heterocycles. The summed E-state index contributed by atoms with van der Waals surface area (Å²) in [6.07, 6.45) is 4.44. The van der Waals surface area contributed by atoms with Gasteiger partial charge in [0.15, 0.2) is 0 Å². The second-order valence-corrected chi connectivity index (χ2v) is 4.45. The Morgan fingerprint density at radius 2 is 2.50 bits per heavy atom. The SMILES string of the molecule is CCC[PH]1=CC1. The third-order valence-electron chi connectivity index (χ3n) is 1.06. The van der Waals surface area contributed by atoms with Gasteiger partial charge in [-0.25, -0.2) is 0 Å². The van der Waals surface area contributed by atoms with Crippen LogP contribution in [0.15, 0.2) is 0 Å². The van der Waals surface area contributed by atoms with Gasteiger partial charge in [-0.3, -0.25) is 0 Å². The molecule has 0 aromatic heterocycles. The molecule has 1 heteroatoms. The molecule has 1 rings (SSSR count). The Morgan fingerprint density at radius 1 is 1.83 bits per heavy atom. The van der Waals surface area contributed by atoms with Crippen molar-refractivity contribution in [3.05, 3.63) is 0 Å². The van der Waals surface area contributed by atoms with E-state index >= 15 is 0 Å². The van der Waals surface area contributed by atoms with Crippen LogP contribution in [-0.4, -0.2) is 18.1 Å². The zero-order chi connectivity index (χ0) is 4.41. The highest BCUT2D eigenvalue weighted by atomic mass is 31.1. The van der Waals surface area contributed by atoms with Crippen LogP contribution in [0.25, 0.3) is 0 Å². The van der Waals surface area contributed by atoms with E-state index in [1.54, 1.807) is 0 Å². The number of hydrogen-bond acceptors (Lipinski definition) is 0. The molecule has 0 nitrogen and oxygen atoms in total. The molecule has 1 atom stereocenters. The van der Waals surface area contributed by atoms with Crippen LogP contribution in [0, 0.1) is 0 Å². The second kappa shape index (κ2) is 1.84. The first-order chi connectivity index (χ1) is 2.93. The predicted molar refractivity (Wildman–Crippen MR) is 34.4 cm³/mol. The van der Waals surface area contributed by atoms with E-state index in [2.05, 4.69) is 12.7 Å². The molecule has 0 aliphatic carbocycles. The van der Waals surface area contributed by atoms with Gasteiger partial charge in [0.05, 0.1) is 0 Å². The van der Waals surface area contributed by atoms with Crippen LogP contribution in [0.2, 0.25) is 0 Å². The summed E-state index contributed by atoms with van der Waals surface area (Å²) in [4.78, 5) is 0. The number of hydrogen-bond donors (Lipinski definition) is 0. The second-order valence-electron chi connectivity index (χ2n) is 1.82. The lowest BCUT2D eigenvalue weighted by Gasteiger charge is -1.80. The Kier molecular flexibility index (Phi) is 1.37. The topological polar surface area (TPSA) is 0 Å². The highest BCUT2D eigenvalue weighted by molar-refractivity contribution is 7.67. The molecule has 1 aliphatic heterocycles. The summed E-state index contributed by atoms with van der Waals surface area (Å²) >= 11 is 0. The van der Waals surface area contributed by atoms with E-state index in [-0.39, 0.29) is 7.55 Å². The molecule has 0 aromatic rings. The van der Waals surface area contributed by atoms with Crippen LogP contribution in [0.5, 0.6) is 0 Å². The fraction of sp³-hybridized carbons (Fsp3) is 0.800. The standard InChI is InChI=1S/C5H11P/c1-2-3-6-4-5-6/h4,6H,2-3,5H2,1H3. The summed E-state index contributed by atoms with van der Waals surface area (Å²) in [6, 6.07) is 0. The lowest BCUT2D eigenvalue weighted by Crippen LogP contribution is -1.61. The molecule has 0 saturated carbocycles. The van der Waals surface area contributed by atoms with Crippen molar-refractivity contribution < 1.29 is 0 Å². The van der Waals surface area contributed by atoms with Crippen molar-refractivity contribution in [1.29, 1.82) is 0 Å². The Morgan fingerprint density at radius 3 is 2.67 bits per heavy atom. The van der Waals surface area contributed by atoms with Crippen molar-refractivity contribution in [2.45, 2.75) is 13.3 Å². The van der Waals surface area contributed by atoms with Crippen molar-refractivity contribution in [3.63, 3.8) is 0 Å². The molecule has 0 N–H and O–H groups in total. The van der Waals surface area contributed by atoms with Gasteiger partial charge >= 0.3 is 0 Å². The first-order valence-corrected chi connectivity index (χ1v) is 4.60. The maximum Gasteiger partial charge on any atom is -0.0172 e. The zero-order valence-electron chi connectivity index (χ0n) is 4.20. The third-order valence-corrected chi connectivity index (χ3v) is 3.19. The fourth-order valence-corrected chi connectivity index (χ4v) is 2.23. The average molecular weight is 102 g/mol. The molecule has 1 heterocycles. The fourth-order valence-electron chi connectivity index (χ4n) is 0.597. The van der Waals surface area contributed by atoms with E-state index in [9.17, 15) is 0 Å². The van der Waals surface area contributed by atoms with E-state index in [4.69, 9.17) is 0 Å². The first-order valence-electron chi connectivity index (χ1n) is 2.61. The highest BCUT2D eigenvalue weighted by Crippen LogP contribution is 2.32. The van der Waals surface area contributed by atoms with Crippen LogP contribution in [0.3, 0.4) is 0 Å². The Labute approximate surface area is 40.0 Å². The van der Waals surface area contributed by atoms with Crippen molar-refractivity contribution in [3.8, 4) is 0 Å². The van der Waals surface area contributed by atoms with E-state index in [0.717, 1.165) is 0 Å². The monoisotopic (exact) mass is 102 g/mol. The van der Waals surface area contributed by atoms with Crippen LogP contribution in [-0.2, 0) is 0 Å². The molecule has 0 radical (unpaired) electrons. The largest absolute Gasteiger partial charge is 0.118 e. The van der Waals surface area contributed by atoms with Crippen LogP contribution >= 0.6 is 7.55 Å². The molecular weight excluding hydrogens is 91.0 g/mol. The van der Waals surface area contributed by atoms with Gasteiger partial charge in [-0.1, -0.05) is 19.1 Å². The summed E-state index contributed by atoms with van der Waals surface area (Å²) in [5.74, 6) is 2.48. The van der Waals surface area contributed by atoms with Crippen LogP contribution < -0.4 is 0 Å². The smallest absolute Gasteiger partial charge is 0.0172 e. The normalized spacial score (nSPS) is 29.2. The Balaban J connectivity index is 2.02. The lowest BCUT2D eigenvalue weighted by molar-refractivity contribution is 1.10. The minimum absolute atomic E-state index is 0.239. The van der Waals surface area contributed by atoms with Crippen molar-refractivity contribution >= 4 is 13.3 Å². The summed E-state index contributed by atoms with van der Waals surface area (Å²) in [5, 5.41) is 0. The van der Waals surface area contributed by atoms with Gasteiger partial charge in [0.2, 0.25) is 0 Å². The van der Waals surface area contributed by atoms with Crippen LogP contribution in [0.4, 0.5) is 0 Å². The minimum Gasteiger partial charge on any atom is -0.118 e. The lowest BCUT2D eigenvalue weighted by atomic mass is 10.6. The maximum atomic E-state index is 2.48. The molecule has 0 spiro atoms. The molecule has 0 bridgehead atoms. The van der Waals surface area contributed by atoms with Gasteiger partial charge in [0.1, 0.15) is 0 Å². The Hall–Kier alpha value is 0.300. The summed E-state index contributed by atoms with van der Waals surface area (Å²) in [7, 11) is 0.239. The molecule has 0 fully saturated rings. The predicted octanol–water partition coefficient (Wildman–Crippen LogP) is 1.43. The summed E-state index contributed by atoms with van der Waals surface area (Å²) < 4.78 is 0. The van der Waals surface area contributed by atoms with Gasteiger partial charge in [-0.2, -0.15) is 0 Å². The van der Waals surface area contributed by atoms with E-state index in [1.165, 1.54) is 18.7 Å². The molecule has 0 aromatic carbocycles. The average Bonchev–Trinajstić information content (AvgIpc) is 2.21. The number of rotatable bonds is 2. The molecule has 0 amide bonds. The zero-order valence-corrected chi connectivity index (χ0v) is 5.20. The third kappa shape index (κ3) is 1.18. The van der Waals surface area contributed by atoms with Gasteiger partial charge < -0.3 is 0 Å². The van der Waals surface area contributed by atoms with E-state index in [1.807, 2.05) is 0 Å². The first kappa shape index (κ1) is 4.46. The molecule has 1 unspecified atom stereocenters. The molecular formula is C5H11P. The molecule has 1 aliphatic rings. The summed E-state index contributed by atoms with van der Waals surface area (Å²) in [5.41, 5.74) is 0. The molecule has 36 valence electrons. The van der Waals surface area contributed by atoms with Crippen LogP contribution in [0.1, 0.15) is 13.3 Å². The van der Waals surface area contributed by atoms with Crippen molar-refractivity contribution in [2.24, 2.45) is 0 Å². The molecule has 6 heavy (non-hydrogen) atoms. The van der Waals surface area contributed by atoms with Gasteiger partial charge in [-0.05, 0) is 12.3 Å². The van der Waals surface area contributed by atoms with Gasteiger partial charge in [0.25, 0.3) is 0 Å². The Bertz CT molecular complexity index is 74.0. The van der Waals surface area contributed by atoms with Crippen molar-refractivity contribution in [1.82, 2.24) is 0 Å². The minimum atomic E-state index is 0.239. The summed E-state index contributed by atoms with van der Waals surface area (Å²) in [6.45, 7) is 2.27. The van der Waals surface area contributed by atoms with Gasteiger partial charge in [0, 0.05) is 0 Å². The maximum absolute atomic E-state index is 2.48.